The maximum absolute atomic E-state index is 13.9. The van der Waals surface area contributed by atoms with Crippen molar-refractivity contribution >= 4 is 39.9 Å². The van der Waals surface area contributed by atoms with Crippen molar-refractivity contribution in [1.29, 1.82) is 0 Å². The number of carbonyl (C=O) groups excluding carboxylic acids is 3. The Bertz CT molecular complexity index is 1610. The minimum Gasteiger partial charge on any atom is -0.507 e. The van der Waals surface area contributed by atoms with Crippen molar-refractivity contribution in [3.63, 3.8) is 0 Å². The molecular weight excluding hydrogens is 496 g/mol. The van der Waals surface area contributed by atoms with Crippen molar-refractivity contribution in [3.8, 4) is 17.2 Å². The largest absolute Gasteiger partial charge is 0.507 e. The Morgan fingerprint density at radius 3 is 2.59 bits per heavy atom. The van der Waals surface area contributed by atoms with Crippen LogP contribution in [0.2, 0.25) is 5.02 Å². The molecule has 1 aliphatic heterocycles. The van der Waals surface area contributed by atoms with Crippen LogP contribution in [0.4, 0.5) is 0 Å². The van der Waals surface area contributed by atoms with E-state index in [0.29, 0.717) is 23.8 Å². The van der Waals surface area contributed by atoms with Crippen molar-refractivity contribution in [2.75, 3.05) is 6.54 Å². The number of Topliss-reactive ketones (excluding diaryl/α,β-unsaturated/α-hetero) is 2. The molecule has 0 radical (unpaired) electrons. The molecule has 0 saturated heterocycles. The van der Waals surface area contributed by atoms with Gasteiger partial charge < -0.3 is 24.8 Å². The summed E-state index contributed by atoms with van der Waals surface area (Å²) < 4.78 is 7.82. The van der Waals surface area contributed by atoms with Gasteiger partial charge >= 0.3 is 0 Å². The number of nitrogens with zero attached hydrogens (tertiary/aromatic N) is 1. The summed E-state index contributed by atoms with van der Waals surface area (Å²) in [5, 5.41) is 26.2. The fourth-order valence-electron chi connectivity index (χ4n) is 5.20. The Morgan fingerprint density at radius 1 is 1.16 bits per heavy atom. The Labute approximate surface area is 217 Å². The molecule has 5 rings (SSSR count). The van der Waals surface area contributed by atoms with Crippen LogP contribution in [0.25, 0.3) is 10.9 Å². The van der Waals surface area contributed by atoms with Crippen LogP contribution in [-0.2, 0) is 21.5 Å². The maximum atomic E-state index is 13.9. The third kappa shape index (κ3) is 3.47. The lowest BCUT2D eigenvalue weighted by molar-refractivity contribution is -0.123. The van der Waals surface area contributed by atoms with Crippen LogP contribution >= 0.6 is 11.6 Å². The van der Waals surface area contributed by atoms with E-state index in [-0.39, 0.29) is 39.5 Å². The lowest BCUT2D eigenvalue weighted by Crippen LogP contribution is -2.41. The van der Waals surface area contributed by atoms with Crippen LogP contribution in [0.1, 0.15) is 42.3 Å². The number of fused-ring (bicyclic) bond motifs is 4. The van der Waals surface area contributed by atoms with E-state index >= 15 is 0 Å². The number of aromatic nitrogens is 1. The topological polar surface area (TPSA) is 118 Å². The molecule has 0 bridgehead atoms. The summed E-state index contributed by atoms with van der Waals surface area (Å²) in [7, 11) is 0. The Hall–Kier alpha value is -4.04. The number of halogens is 1. The van der Waals surface area contributed by atoms with Crippen molar-refractivity contribution in [1.82, 2.24) is 9.88 Å². The third-order valence-electron chi connectivity index (χ3n) is 7.26. The van der Waals surface area contributed by atoms with Crippen LogP contribution in [0.5, 0.6) is 17.2 Å². The number of ketones is 3. The summed E-state index contributed by atoms with van der Waals surface area (Å²) in [6.45, 7) is 6.88. The molecule has 0 saturated carbocycles. The molecule has 190 valence electrons. The molecule has 0 spiro atoms. The van der Waals surface area contributed by atoms with Gasteiger partial charge in [0.15, 0.2) is 17.3 Å². The second-order valence-corrected chi connectivity index (χ2v) is 9.90. The first-order valence-corrected chi connectivity index (χ1v) is 12.1. The molecule has 9 heteroatoms. The van der Waals surface area contributed by atoms with E-state index in [1.165, 1.54) is 19.9 Å². The fourth-order valence-corrected chi connectivity index (χ4v) is 5.43. The minimum absolute atomic E-state index is 0.00698. The van der Waals surface area contributed by atoms with Gasteiger partial charge in [-0.1, -0.05) is 17.7 Å². The molecule has 2 heterocycles. The SMILES string of the molecule is CC(=O)c1c(O)c(C)c(O)c2c1OC1=CC(=O)C(=C(C)NCCn3ccc4c(Cl)cccc43)C(=O)[C@@]12C. The van der Waals surface area contributed by atoms with Gasteiger partial charge in [0.1, 0.15) is 34.0 Å². The molecule has 37 heavy (non-hydrogen) atoms. The molecule has 2 aliphatic rings. The smallest absolute Gasteiger partial charge is 0.194 e. The zero-order chi connectivity index (χ0) is 26.8. The Balaban J connectivity index is 1.50. The quantitative estimate of drug-likeness (QED) is 0.258. The summed E-state index contributed by atoms with van der Waals surface area (Å²) in [4.78, 5) is 39.2. The van der Waals surface area contributed by atoms with Crippen LogP contribution < -0.4 is 10.1 Å². The van der Waals surface area contributed by atoms with E-state index in [0.717, 1.165) is 10.9 Å². The molecule has 1 aliphatic carbocycles. The van der Waals surface area contributed by atoms with Gasteiger partial charge in [0, 0.05) is 52.5 Å². The lowest BCUT2D eigenvalue weighted by Gasteiger charge is -2.29. The predicted molar refractivity (Wildman–Crippen MR) is 138 cm³/mol. The predicted octanol–water partition coefficient (Wildman–Crippen LogP) is 4.47. The number of rotatable bonds is 5. The summed E-state index contributed by atoms with van der Waals surface area (Å²) in [6.07, 6.45) is 3.13. The summed E-state index contributed by atoms with van der Waals surface area (Å²) in [5.74, 6) is -2.47. The van der Waals surface area contributed by atoms with Crippen LogP contribution in [0, 0.1) is 6.92 Å². The van der Waals surface area contributed by atoms with E-state index in [2.05, 4.69) is 5.32 Å². The van der Waals surface area contributed by atoms with E-state index < -0.39 is 28.5 Å². The summed E-state index contributed by atoms with van der Waals surface area (Å²) in [6, 6.07) is 7.60. The molecule has 0 fully saturated rings. The van der Waals surface area contributed by atoms with Gasteiger partial charge in [-0.2, -0.15) is 0 Å². The van der Waals surface area contributed by atoms with E-state index in [9.17, 15) is 24.6 Å². The molecular formula is C28H25ClN2O6. The lowest BCUT2D eigenvalue weighted by atomic mass is 9.70. The normalized spacial score (nSPS) is 19.9. The molecule has 0 unspecified atom stereocenters. The van der Waals surface area contributed by atoms with Crippen LogP contribution in [0.3, 0.4) is 0 Å². The number of nitrogens with one attached hydrogen (secondary N) is 1. The second-order valence-electron chi connectivity index (χ2n) is 9.50. The number of allylic oxidation sites excluding steroid dienone is 4. The first kappa shape index (κ1) is 24.6. The molecule has 1 atom stereocenters. The third-order valence-corrected chi connectivity index (χ3v) is 7.59. The van der Waals surface area contributed by atoms with Gasteiger partial charge in [-0.15, -0.1) is 0 Å². The van der Waals surface area contributed by atoms with Crippen LogP contribution in [-0.4, -0.2) is 38.7 Å². The highest BCUT2D eigenvalue weighted by molar-refractivity contribution is 6.35. The standard InChI is InChI=1S/C28H25ClN2O6/c1-13-24(34)22(15(3)32)26-23(25(13)35)28(4)20(37-26)12-19(33)21(27(28)36)14(2)30-9-11-31-10-8-16-17(29)6-5-7-18(16)31/h5-8,10,12,30,34-35H,9,11H2,1-4H3/t28-/m0/s1. The highest BCUT2D eigenvalue weighted by Gasteiger charge is 2.56. The zero-order valence-corrected chi connectivity index (χ0v) is 21.5. The number of phenolic OH excluding ortho intramolecular Hbond substituents is 2. The fraction of sp³-hybridized carbons (Fsp3) is 0.250. The van der Waals surface area contributed by atoms with Gasteiger partial charge in [0.25, 0.3) is 0 Å². The van der Waals surface area contributed by atoms with Gasteiger partial charge in [-0.3, -0.25) is 14.4 Å². The molecule has 1 aromatic heterocycles. The molecule has 0 amide bonds. The van der Waals surface area contributed by atoms with Crippen molar-refractivity contribution < 1.29 is 29.3 Å². The number of hydrogen-bond donors (Lipinski definition) is 3. The summed E-state index contributed by atoms with van der Waals surface area (Å²) >= 11 is 6.26. The zero-order valence-electron chi connectivity index (χ0n) is 20.7. The van der Waals surface area contributed by atoms with Crippen molar-refractivity contribution in [2.45, 2.75) is 39.7 Å². The first-order chi connectivity index (χ1) is 17.5. The monoisotopic (exact) mass is 520 g/mol. The highest BCUT2D eigenvalue weighted by atomic mass is 35.5. The average molecular weight is 521 g/mol. The number of ether oxygens (including phenoxy) is 1. The van der Waals surface area contributed by atoms with Crippen molar-refractivity contribution in [3.05, 3.63) is 75.3 Å². The van der Waals surface area contributed by atoms with Gasteiger partial charge in [-0.25, -0.2) is 0 Å². The number of carbonyl (C=O) groups is 3. The van der Waals surface area contributed by atoms with Gasteiger partial charge in [-0.05, 0) is 45.9 Å². The van der Waals surface area contributed by atoms with Crippen molar-refractivity contribution in [2.24, 2.45) is 0 Å². The Morgan fingerprint density at radius 2 is 1.89 bits per heavy atom. The van der Waals surface area contributed by atoms with E-state index in [1.54, 1.807) is 13.8 Å². The maximum Gasteiger partial charge on any atom is 0.194 e. The summed E-state index contributed by atoms with van der Waals surface area (Å²) in [5.41, 5.74) is -0.256. The van der Waals surface area contributed by atoms with Gasteiger partial charge in [0.2, 0.25) is 0 Å². The van der Waals surface area contributed by atoms with E-state index in [1.807, 2.05) is 35.0 Å². The minimum atomic E-state index is -1.54. The highest BCUT2D eigenvalue weighted by Crippen LogP contribution is 2.57. The van der Waals surface area contributed by atoms with Gasteiger partial charge in [0.05, 0.1) is 11.1 Å². The number of phenols is 2. The first-order valence-electron chi connectivity index (χ1n) is 11.8. The molecule has 3 N–H and O–H groups in total. The second kappa shape index (κ2) is 8.52. The number of hydrogen-bond acceptors (Lipinski definition) is 7. The Kier molecular flexibility index (Phi) is 5.68. The molecule has 2 aromatic carbocycles. The number of aromatic hydroxyl groups is 2. The average Bonchev–Trinajstić information content (AvgIpc) is 3.38. The molecule has 8 nitrogen and oxygen atoms in total. The van der Waals surface area contributed by atoms with E-state index in [4.69, 9.17) is 16.3 Å². The molecule has 3 aromatic rings. The van der Waals surface area contributed by atoms with Crippen LogP contribution in [0.15, 0.2) is 53.6 Å². The number of benzene rings is 2.